The summed E-state index contributed by atoms with van der Waals surface area (Å²) in [6.07, 6.45) is -0.442. The summed E-state index contributed by atoms with van der Waals surface area (Å²) in [5.74, 6) is -4.70. The smallest absolute Gasteiger partial charge is 0.410 e. The summed E-state index contributed by atoms with van der Waals surface area (Å²) in [5, 5.41) is 4.34. The fraction of sp³-hybridized carbons (Fsp3) is 0.533. The number of ether oxygens (including phenoxy) is 2. The number of nitrogens with one attached hydrogen (secondary N) is 3. The number of benzene rings is 1. The number of likely N-dealkylation sites (tertiary alicyclic amines) is 1. The van der Waals surface area contributed by atoms with Crippen molar-refractivity contribution in [3.63, 3.8) is 0 Å². The largest absolute Gasteiger partial charge is 0.452 e. The molecule has 5 amide bonds. The Bertz CT molecular complexity index is 1670. The fourth-order valence-corrected chi connectivity index (χ4v) is 7.61. The lowest BCUT2D eigenvalue weighted by atomic mass is 10.1. The molecule has 1 unspecified atom stereocenters. The van der Waals surface area contributed by atoms with Gasteiger partial charge in [0.25, 0.3) is 11.8 Å². The summed E-state index contributed by atoms with van der Waals surface area (Å²) in [4.78, 5) is 79.6. The minimum atomic E-state index is -3.93. The van der Waals surface area contributed by atoms with Gasteiger partial charge in [-0.25, -0.2) is 17.6 Å². The Morgan fingerprint density at radius 2 is 1.89 bits per heavy atom. The van der Waals surface area contributed by atoms with E-state index < -0.39 is 93.0 Å². The van der Waals surface area contributed by atoms with Crippen LogP contribution in [0.4, 0.5) is 9.18 Å². The van der Waals surface area contributed by atoms with Gasteiger partial charge in [0, 0.05) is 37.3 Å². The molecule has 0 aromatic heterocycles. The molecule has 2 aliphatic carbocycles. The standard InChI is InChI=1S/C30H34FN5O10S/c1-2-17-11-30(17,28(41)34-47(43,44)19-6-7-19)33-26(39)22-10-18(45-29(42)35-13-16-4-3-5-21(31)20(16)15-35)14-36(22)24(37)12-32-27(40)23-8-9-25(38)46-23/h2-5,17-19,22-23H,1,6-15H2,(H,32,40)(H,33,39)(H,34,41)/t17-,18?,22+,23+,30-/m1/s1. The van der Waals surface area contributed by atoms with Crippen LogP contribution in [0.2, 0.25) is 0 Å². The Morgan fingerprint density at radius 1 is 1.13 bits per heavy atom. The number of halogens is 1. The molecule has 252 valence electrons. The molecule has 2 saturated carbocycles. The lowest BCUT2D eigenvalue weighted by Gasteiger charge is -2.26. The predicted octanol–water partition coefficient (Wildman–Crippen LogP) is -0.261. The average molecular weight is 676 g/mol. The molecule has 4 fully saturated rings. The number of esters is 1. The second-order valence-corrected chi connectivity index (χ2v) is 14.4. The van der Waals surface area contributed by atoms with Crippen molar-refractivity contribution in [3.8, 4) is 0 Å². The third-order valence-corrected chi connectivity index (χ3v) is 11.0. The third-order valence-electron chi connectivity index (χ3n) is 9.18. The van der Waals surface area contributed by atoms with E-state index in [4.69, 9.17) is 9.47 Å². The highest BCUT2D eigenvalue weighted by atomic mass is 32.2. The Balaban J connectivity index is 1.15. The second-order valence-electron chi connectivity index (χ2n) is 12.5. The molecule has 5 aliphatic rings. The Hall–Kier alpha value is -4.54. The molecule has 6 rings (SSSR count). The van der Waals surface area contributed by atoms with Crippen molar-refractivity contribution >= 4 is 45.7 Å². The zero-order valence-corrected chi connectivity index (χ0v) is 26.1. The maximum Gasteiger partial charge on any atom is 0.410 e. The lowest BCUT2D eigenvalue weighted by molar-refractivity contribution is -0.148. The van der Waals surface area contributed by atoms with Crippen molar-refractivity contribution in [2.45, 2.75) is 80.7 Å². The number of amides is 5. The van der Waals surface area contributed by atoms with Gasteiger partial charge in [0.05, 0.1) is 24.9 Å². The Morgan fingerprint density at radius 3 is 2.53 bits per heavy atom. The van der Waals surface area contributed by atoms with E-state index in [9.17, 15) is 41.6 Å². The van der Waals surface area contributed by atoms with E-state index in [0.717, 1.165) is 4.90 Å². The van der Waals surface area contributed by atoms with E-state index in [1.807, 2.05) is 0 Å². The average Bonchev–Trinajstić information content (AvgIpc) is 3.85. The summed E-state index contributed by atoms with van der Waals surface area (Å²) in [7, 11) is -3.93. The van der Waals surface area contributed by atoms with Crippen molar-refractivity contribution in [1.29, 1.82) is 0 Å². The fourth-order valence-electron chi connectivity index (χ4n) is 6.24. The molecule has 1 aromatic carbocycles. The van der Waals surface area contributed by atoms with Crippen LogP contribution in [-0.4, -0.2) is 96.0 Å². The van der Waals surface area contributed by atoms with Crippen molar-refractivity contribution in [3.05, 3.63) is 47.8 Å². The molecule has 0 spiro atoms. The molecule has 15 nitrogen and oxygen atoms in total. The first-order chi connectivity index (χ1) is 22.3. The highest BCUT2D eigenvalue weighted by Gasteiger charge is 2.62. The number of hydrogen-bond acceptors (Lipinski definition) is 10. The highest BCUT2D eigenvalue weighted by molar-refractivity contribution is 7.91. The molecule has 17 heteroatoms. The highest BCUT2D eigenvalue weighted by Crippen LogP contribution is 2.45. The van der Waals surface area contributed by atoms with Crippen LogP contribution >= 0.6 is 0 Å². The van der Waals surface area contributed by atoms with E-state index in [0.29, 0.717) is 24.0 Å². The van der Waals surface area contributed by atoms with E-state index in [1.165, 1.54) is 23.1 Å². The van der Waals surface area contributed by atoms with Crippen molar-refractivity contribution in [2.75, 3.05) is 13.1 Å². The van der Waals surface area contributed by atoms with E-state index in [-0.39, 0.29) is 45.3 Å². The number of cyclic esters (lactones) is 1. The van der Waals surface area contributed by atoms with Crippen LogP contribution in [-0.2, 0) is 56.6 Å². The first-order valence-electron chi connectivity index (χ1n) is 15.3. The summed E-state index contributed by atoms with van der Waals surface area (Å²) in [6.45, 7) is 2.94. The molecule has 0 bridgehead atoms. The van der Waals surface area contributed by atoms with Gasteiger partial charge < -0.3 is 25.0 Å². The zero-order valence-electron chi connectivity index (χ0n) is 25.2. The van der Waals surface area contributed by atoms with Crippen molar-refractivity contribution in [2.24, 2.45) is 5.92 Å². The molecule has 3 aliphatic heterocycles. The SMILES string of the molecule is C=C[C@@H]1C[C@]1(NC(=O)[C@@H]1CC(OC(=O)N2Cc3cccc(F)c3C2)CN1C(=O)CNC(=O)[C@@H]1CCC(=O)O1)C(=O)NS(=O)(=O)C1CC1. The van der Waals surface area contributed by atoms with Crippen LogP contribution in [0, 0.1) is 11.7 Å². The van der Waals surface area contributed by atoms with Gasteiger partial charge in [-0.15, -0.1) is 6.58 Å². The van der Waals surface area contributed by atoms with E-state index in [1.54, 1.807) is 6.07 Å². The number of sulfonamides is 1. The number of fused-ring (bicyclic) bond motifs is 1. The number of hydrogen-bond donors (Lipinski definition) is 3. The van der Waals surface area contributed by atoms with Crippen LogP contribution < -0.4 is 15.4 Å². The van der Waals surface area contributed by atoms with Crippen LogP contribution in [0.15, 0.2) is 30.9 Å². The number of nitrogens with zero attached hydrogens (tertiary/aromatic N) is 2. The Labute approximate surface area is 269 Å². The molecular weight excluding hydrogens is 641 g/mol. The van der Waals surface area contributed by atoms with Crippen LogP contribution in [0.5, 0.6) is 0 Å². The van der Waals surface area contributed by atoms with Gasteiger partial charge in [-0.05, 0) is 30.9 Å². The van der Waals surface area contributed by atoms with Gasteiger partial charge in [0.2, 0.25) is 21.8 Å². The van der Waals surface area contributed by atoms with Gasteiger partial charge in [0.15, 0.2) is 6.10 Å². The summed E-state index contributed by atoms with van der Waals surface area (Å²) >= 11 is 0. The second kappa shape index (κ2) is 12.2. The van der Waals surface area contributed by atoms with Gasteiger partial charge in [-0.3, -0.25) is 33.6 Å². The summed E-state index contributed by atoms with van der Waals surface area (Å²) in [5.41, 5.74) is -0.627. The van der Waals surface area contributed by atoms with Gasteiger partial charge >= 0.3 is 12.1 Å². The maximum absolute atomic E-state index is 14.3. The molecule has 0 radical (unpaired) electrons. The van der Waals surface area contributed by atoms with E-state index >= 15 is 0 Å². The number of carbonyl (C=O) groups is 6. The molecule has 3 heterocycles. The third kappa shape index (κ3) is 6.53. The van der Waals surface area contributed by atoms with Crippen LogP contribution in [0.25, 0.3) is 0 Å². The van der Waals surface area contributed by atoms with Crippen LogP contribution in [0.1, 0.15) is 49.7 Å². The maximum atomic E-state index is 14.3. The van der Waals surface area contributed by atoms with E-state index in [2.05, 4.69) is 21.9 Å². The molecule has 5 atom stereocenters. The number of rotatable bonds is 10. The van der Waals surface area contributed by atoms with Crippen molar-refractivity contribution < 1.29 is 51.0 Å². The quantitative estimate of drug-likeness (QED) is 0.219. The van der Waals surface area contributed by atoms with Crippen molar-refractivity contribution in [1.82, 2.24) is 25.2 Å². The zero-order chi connectivity index (χ0) is 33.7. The normalized spacial score (nSPS) is 27.8. The van der Waals surface area contributed by atoms with Crippen LogP contribution in [0.3, 0.4) is 0 Å². The molecule has 3 N–H and O–H groups in total. The number of carbonyl (C=O) groups excluding carboxylic acids is 6. The predicted molar refractivity (Wildman–Crippen MR) is 157 cm³/mol. The minimum absolute atomic E-state index is 0.0256. The topological polar surface area (TPSA) is 198 Å². The Kier molecular flexibility index (Phi) is 8.44. The molecular formula is C30H34FN5O10S. The van der Waals surface area contributed by atoms with Gasteiger partial charge in [0.1, 0.15) is 23.5 Å². The monoisotopic (exact) mass is 675 g/mol. The first-order valence-corrected chi connectivity index (χ1v) is 16.8. The van der Waals surface area contributed by atoms with Gasteiger partial charge in [-0.2, -0.15) is 0 Å². The summed E-state index contributed by atoms with van der Waals surface area (Å²) in [6, 6.07) is 3.25. The molecule has 1 aromatic rings. The first kappa shape index (κ1) is 32.4. The lowest BCUT2D eigenvalue weighted by Crippen LogP contribution is -2.57. The summed E-state index contributed by atoms with van der Waals surface area (Å²) < 4.78 is 51.9. The minimum Gasteiger partial charge on any atom is -0.452 e. The van der Waals surface area contributed by atoms with Gasteiger partial charge in [-0.1, -0.05) is 18.2 Å². The molecule has 47 heavy (non-hydrogen) atoms. The molecule has 2 saturated heterocycles.